The van der Waals surface area contributed by atoms with Gasteiger partial charge in [0, 0.05) is 6.54 Å². The Morgan fingerprint density at radius 2 is 2.06 bits per heavy atom. The Morgan fingerprint density at radius 3 is 2.56 bits per heavy atom. The minimum atomic E-state index is -0.490. The molecule has 3 nitrogen and oxygen atoms in total. The fourth-order valence-corrected chi connectivity index (χ4v) is 1.18. The third-order valence-corrected chi connectivity index (χ3v) is 2.55. The van der Waals surface area contributed by atoms with Crippen molar-refractivity contribution in [1.82, 2.24) is 5.32 Å². The topological polar surface area (TPSA) is 55.1 Å². The molecule has 1 aromatic rings. The number of hydrogen-bond donors (Lipinski definition) is 2. The van der Waals surface area contributed by atoms with Crippen molar-refractivity contribution in [2.75, 3.05) is 0 Å². The van der Waals surface area contributed by atoms with Crippen LogP contribution in [0.3, 0.4) is 0 Å². The van der Waals surface area contributed by atoms with Crippen LogP contribution in [0, 0.1) is 11.7 Å². The quantitative estimate of drug-likeness (QED) is 0.781. The molecule has 0 saturated carbocycles. The number of nitrogens with one attached hydrogen (secondary N) is 1. The molecule has 0 saturated heterocycles. The first-order valence-corrected chi connectivity index (χ1v) is 5.23. The monoisotopic (exact) mass is 240 g/mol. The number of hydrogen-bond acceptors (Lipinski definition) is 2. The lowest BCUT2D eigenvalue weighted by atomic mass is 10.1. The fraction of sp³-hybridized carbons (Fsp3) is 0.273. The summed E-state index contributed by atoms with van der Waals surface area (Å²) in [5.41, 5.74) is 6.17. The van der Waals surface area contributed by atoms with Gasteiger partial charge in [0.1, 0.15) is 5.82 Å². The van der Waals surface area contributed by atoms with E-state index in [1.54, 1.807) is 19.1 Å². The van der Waals surface area contributed by atoms with Gasteiger partial charge >= 0.3 is 0 Å². The summed E-state index contributed by atoms with van der Waals surface area (Å²) in [6.45, 7) is 1.98. The van der Waals surface area contributed by atoms with Crippen molar-refractivity contribution in [2.24, 2.45) is 11.7 Å². The molecule has 0 aliphatic heterocycles. The van der Waals surface area contributed by atoms with Crippen LogP contribution in [-0.2, 0) is 11.3 Å². The number of amides is 1. The lowest BCUT2D eigenvalue weighted by Gasteiger charge is -2.10. The van der Waals surface area contributed by atoms with Gasteiger partial charge in [-0.3, -0.25) is 4.79 Å². The highest BCUT2D eigenvalue weighted by atomic mass is 32.1. The summed E-state index contributed by atoms with van der Waals surface area (Å²) in [7, 11) is 0. The Morgan fingerprint density at radius 1 is 1.50 bits per heavy atom. The average Bonchev–Trinajstić information content (AvgIpc) is 2.26. The normalized spacial score (nSPS) is 11.9. The van der Waals surface area contributed by atoms with Crippen LogP contribution >= 0.6 is 12.2 Å². The fourth-order valence-electron chi connectivity index (χ4n) is 1.07. The number of carbonyl (C=O) groups is 1. The van der Waals surface area contributed by atoms with Crippen molar-refractivity contribution in [3.63, 3.8) is 0 Å². The molecule has 0 aromatic heterocycles. The Kier molecular flexibility index (Phi) is 4.37. The van der Waals surface area contributed by atoms with Gasteiger partial charge < -0.3 is 11.1 Å². The third kappa shape index (κ3) is 3.58. The molecule has 0 spiro atoms. The van der Waals surface area contributed by atoms with Crippen LogP contribution in [0.15, 0.2) is 24.3 Å². The lowest BCUT2D eigenvalue weighted by Crippen LogP contribution is -2.35. The van der Waals surface area contributed by atoms with Crippen LogP contribution in [0.5, 0.6) is 0 Å². The van der Waals surface area contributed by atoms with Crippen molar-refractivity contribution < 1.29 is 9.18 Å². The first kappa shape index (κ1) is 12.6. The van der Waals surface area contributed by atoms with Crippen LogP contribution in [0.4, 0.5) is 4.39 Å². The molecule has 1 rings (SSSR count). The molecule has 1 unspecified atom stereocenters. The number of halogens is 1. The number of benzene rings is 1. The first-order chi connectivity index (χ1) is 7.50. The SMILES string of the molecule is CC(C(=O)NCc1ccc(F)cc1)C(N)=S. The molecule has 3 N–H and O–H groups in total. The van der Waals surface area contributed by atoms with Crippen LogP contribution in [-0.4, -0.2) is 10.9 Å². The van der Waals surface area contributed by atoms with Crippen molar-refractivity contribution >= 4 is 23.1 Å². The maximum Gasteiger partial charge on any atom is 0.229 e. The molecule has 5 heteroatoms. The van der Waals surface area contributed by atoms with Gasteiger partial charge in [-0.2, -0.15) is 0 Å². The standard InChI is InChI=1S/C11H13FN2OS/c1-7(10(13)16)11(15)14-6-8-2-4-9(12)5-3-8/h2-5,7H,6H2,1H3,(H2,13,16)(H,14,15). The summed E-state index contributed by atoms with van der Waals surface area (Å²) < 4.78 is 12.6. The zero-order valence-electron chi connectivity index (χ0n) is 8.87. The number of thiocarbonyl (C=S) groups is 1. The van der Waals surface area contributed by atoms with E-state index in [0.717, 1.165) is 5.56 Å². The van der Waals surface area contributed by atoms with E-state index in [1.165, 1.54) is 12.1 Å². The minimum Gasteiger partial charge on any atom is -0.393 e. The van der Waals surface area contributed by atoms with Crippen LogP contribution in [0.2, 0.25) is 0 Å². The Hall–Kier alpha value is -1.49. The molecule has 0 aliphatic carbocycles. The smallest absolute Gasteiger partial charge is 0.229 e. The molecule has 0 bridgehead atoms. The van der Waals surface area contributed by atoms with Gasteiger partial charge in [-0.1, -0.05) is 24.4 Å². The first-order valence-electron chi connectivity index (χ1n) is 4.82. The van der Waals surface area contributed by atoms with Crippen molar-refractivity contribution in [3.05, 3.63) is 35.6 Å². The van der Waals surface area contributed by atoms with Gasteiger partial charge in [-0.15, -0.1) is 0 Å². The molecule has 0 radical (unpaired) electrons. The summed E-state index contributed by atoms with van der Waals surface area (Å²) in [5.74, 6) is -1.01. The van der Waals surface area contributed by atoms with Crippen LogP contribution in [0.1, 0.15) is 12.5 Å². The van der Waals surface area contributed by atoms with E-state index in [2.05, 4.69) is 5.32 Å². The maximum atomic E-state index is 12.6. The Labute approximate surface area is 98.8 Å². The summed E-state index contributed by atoms with van der Waals surface area (Å²) in [5, 5.41) is 2.67. The molecule has 86 valence electrons. The van der Waals surface area contributed by atoms with Gasteiger partial charge in [0.15, 0.2) is 0 Å². The zero-order chi connectivity index (χ0) is 12.1. The predicted molar refractivity (Wildman–Crippen MR) is 64.2 cm³/mol. The van der Waals surface area contributed by atoms with E-state index in [4.69, 9.17) is 18.0 Å². The summed E-state index contributed by atoms with van der Waals surface area (Å²) >= 11 is 4.71. The highest BCUT2D eigenvalue weighted by Crippen LogP contribution is 2.03. The molecule has 16 heavy (non-hydrogen) atoms. The second-order valence-electron chi connectivity index (χ2n) is 3.47. The lowest BCUT2D eigenvalue weighted by molar-refractivity contribution is -0.122. The molecular weight excluding hydrogens is 227 g/mol. The van der Waals surface area contributed by atoms with Crippen molar-refractivity contribution in [3.8, 4) is 0 Å². The van der Waals surface area contributed by atoms with E-state index >= 15 is 0 Å². The van der Waals surface area contributed by atoms with E-state index in [-0.39, 0.29) is 16.7 Å². The van der Waals surface area contributed by atoms with Crippen molar-refractivity contribution in [2.45, 2.75) is 13.5 Å². The number of carbonyl (C=O) groups excluding carboxylic acids is 1. The van der Waals surface area contributed by atoms with E-state index in [1.807, 2.05) is 0 Å². The summed E-state index contributed by atoms with van der Waals surface area (Å²) in [4.78, 5) is 11.6. The van der Waals surface area contributed by atoms with E-state index in [0.29, 0.717) is 6.54 Å². The average molecular weight is 240 g/mol. The minimum absolute atomic E-state index is 0.164. The van der Waals surface area contributed by atoms with Crippen molar-refractivity contribution in [1.29, 1.82) is 0 Å². The number of rotatable bonds is 4. The van der Waals surface area contributed by atoms with Gasteiger partial charge in [0.25, 0.3) is 0 Å². The summed E-state index contributed by atoms with van der Waals surface area (Å²) in [6.07, 6.45) is 0. The molecular formula is C11H13FN2OS. The number of nitrogens with two attached hydrogens (primary N) is 1. The molecule has 0 aliphatic rings. The van der Waals surface area contributed by atoms with Crippen LogP contribution < -0.4 is 11.1 Å². The maximum absolute atomic E-state index is 12.6. The van der Waals surface area contributed by atoms with Gasteiger partial charge in [0.2, 0.25) is 5.91 Å². The highest BCUT2D eigenvalue weighted by Gasteiger charge is 2.14. The van der Waals surface area contributed by atoms with Crippen LogP contribution in [0.25, 0.3) is 0 Å². The molecule has 1 amide bonds. The molecule has 0 fully saturated rings. The van der Waals surface area contributed by atoms with E-state index in [9.17, 15) is 9.18 Å². The third-order valence-electron chi connectivity index (χ3n) is 2.20. The van der Waals surface area contributed by atoms with Gasteiger partial charge in [0.05, 0.1) is 10.9 Å². The van der Waals surface area contributed by atoms with Gasteiger partial charge in [-0.25, -0.2) is 4.39 Å². The largest absolute Gasteiger partial charge is 0.393 e. The zero-order valence-corrected chi connectivity index (χ0v) is 9.68. The van der Waals surface area contributed by atoms with Gasteiger partial charge in [-0.05, 0) is 24.6 Å². The molecule has 0 heterocycles. The second kappa shape index (κ2) is 5.55. The second-order valence-corrected chi connectivity index (χ2v) is 3.94. The predicted octanol–water partition coefficient (Wildman–Crippen LogP) is 1.36. The molecule has 1 atom stereocenters. The Balaban J connectivity index is 2.49. The highest BCUT2D eigenvalue weighted by molar-refractivity contribution is 7.80. The summed E-state index contributed by atoms with van der Waals surface area (Å²) in [6, 6.07) is 5.92. The van der Waals surface area contributed by atoms with E-state index < -0.39 is 5.92 Å². The molecule has 1 aromatic carbocycles. The Bertz CT molecular complexity index is 391.